The van der Waals surface area contributed by atoms with Gasteiger partial charge in [0.05, 0.1) is 22.9 Å². The summed E-state index contributed by atoms with van der Waals surface area (Å²) in [5.41, 5.74) is 2.28. The van der Waals surface area contributed by atoms with Gasteiger partial charge < -0.3 is 10.2 Å². The first kappa shape index (κ1) is 25.0. The molecule has 5 rings (SSSR count). The molecule has 8 heteroatoms. The summed E-state index contributed by atoms with van der Waals surface area (Å²) in [5, 5.41) is 2.91. The Morgan fingerprint density at radius 2 is 1.76 bits per heavy atom. The van der Waals surface area contributed by atoms with E-state index in [0.29, 0.717) is 23.4 Å². The third kappa shape index (κ3) is 4.84. The second kappa shape index (κ2) is 9.01. The highest BCUT2D eigenvalue weighted by molar-refractivity contribution is 6.02. The maximum Gasteiger partial charge on any atom is 0.416 e. The van der Waals surface area contributed by atoms with Gasteiger partial charge in [-0.2, -0.15) is 13.2 Å². The van der Waals surface area contributed by atoms with Crippen molar-refractivity contribution in [2.24, 2.45) is 0 Å². The zero-order valence-corrected chi connectivity index (χ0v) is 20.5. The van der Waals surface area contributed by atoms with Crippen LogP contribution in [0.5, 0.6) is 0 Å². The van der Waals surface area contributed by atoms with Gasteiger partial charge in [0.15, 0.2) is 5.78 Å². The van der Waals surface area contributed by atoms with Crippen LogP contribution >= 0.6 is 0 Å². The Bertz CT molecular complexity index is 1380. The summed E-state index contributed by atoms with van der Waals surface area (Å²) in [6, 6.07) is 14.3. The number of hydrogen-bond acceptors (Lipinski definition) is 3. The summed E-state index contributed by atoms with van der Waals surface area (Å²) in [7, 11) is 0. The Balaban J connectivity index is 1.45. The first-order chi connectivity index (χ1) is 17.5. The van der Waals surface area contributed by atoms with Crippen LogP contribution < -0.4 is 10.2 Å². The van der Waals surface area contributed by atoms with E-state index in [1.165, 1.54) is 25.1 Å². The van der Waals surface area contributed by atoms with Gasteiger partial charge >= 0.3 is 6.18 Å². The zero-order valence-electron chi connectivity index (χ0n) is 20.5. The highest BCUT2D eigenvalue weighted by Crippen LogP contribution is 2.57. The predicted molar refractivity (Wildman–Crippen MR) is 132 cm³/mol. The molecule has 1 amide bonds. The van der Waals surface area contributed by atoms with E-state index in [0.717, 1.165) is 36.1 Å². The standard InChI is InChI=1S/C29H26F4N2O2/c1-17(20-6-8-21(9-7-20)18(2)36)34-27(37)24-13-23(30)14-25-26(24)35(16-28(25)10-11-28)15-19-4-3-5-22(12-19)29(31,32)33/h3-9,12-14,17H,10-11,15-16H2,1-2H3,(H,34,37)/t17-/m0/s1. The van der Waals surface area contributed by atoms with Crippen LogP contribution in [0.15, 0.2) is 60.7 Å². The fourth-order valence-corrected chi connectivity index (χ4v) is 5.19. The minimum atomic E-state index is -4.45. The van der Waals surface area contributed by atoms with Crippen LogP contribution in [0.3, 0.4) is 0 Å². The van der Waals surface area contributed by atoms with Crippen molar-refractivity contribution >= 4 is 17.4 Å². The monoisotopic (exact) mass is 510 g/mol. The lowest BCUT2D eigenvalue weighted by molar-refractivity contribution is -0.137. The van der Waals surface area contributed by atoms with E-state index in [4.69, 9.17) is 0 Å². The molecule has 1 fully saturated rings. The number of anilines is 1. The molecule has 4 nitrogen and oxygen atoms in total. The van der Waals surface area contributed by atoms with Gasteiger partial charge in [-0.05, 0) is 67.6 Å². The van der Waals surface area contributed by atoms with Crippen molar-refractivity contribution in [3.8, 4) is 0 Å². The number of halogens is 4. The average molecular weight is 511 g/mol. The average Bonchev–Trinajstić information content (AvgIpc) is 3.56. The molecule has 0 radical (unpaired) electrons. The predicted octanol–water partition coefficient (Wildman–Crippen LogP) is 6.59. The number of rotatable bonds is 6. The Morgan fingerprint density at radius 3 is 2.38 bits per heavy atom. The van der Waals surface area contributed by atoms with Crippen molar-refractivity contribution in [2.75, 3.05) is 11.4 Å². The zero-order chi connectivity index (χ0) is 26.5. The van der Waals surface area contributed by atoms with Crippen molar-refractivity contribution in [2.45, 2.75) is 50.9 Å². The molecular formula is C29H26F4N2O2. The van der Waals surface area contributed by atoms with Crippen LogP contribution in [0, 0.1) is 5.82 Å². The second-order valence-electron chi connectivity index (χ2n) is 10.1. The largest absolute Gasteiger partial charge is 0.416 e. The number of hydrogen-bond donors (Lipinski definition) is 1. The van der Waals surface area contributed by atoms with Crippen LogP contribution in [0.25, 0.3) is 0 Å². The van der Waals surface area contributed by atoms with Gasteiger partial charge in [-0.25, -0.2) is 4.39 Å². The molecule has 0 saturated heterocycles. The lowest BCUT2D eigenvalue weighted by atomic mass is 9.95. The van der Waals surface area contributed by atoms with Gasteiger partial charge in [-0.1, -0.05) is 36.4 Å². The van der Waals surface area contributed by atoms with E-state index in [2.05, 4.69) is 5.32 Å². The van der Waals surface area contributed by atoms with E-state index in [1.807, 2.05) is 4.90 Å². The topological polar surface area (TPSA) is 49.4 Å². The van der Waals surface area contributed by atoms with E-state index in [9.17, 15) is 27.2 Å². The summed E-state index contributed by atoms with van der Waals surface area (Å²) < 4.78 is 54.5. The van der Waals surface area contributed by atoms with Crippen LogP contribution in [-0.2, 0) is 18.1 Å². The van der Waals surface area contributed by atoms with Gasteiger partial charge in [-0.3, -0.25) is 9.59 Å². The van der Waals surface area contributed by atoms with Crippen molar-refractivity contribution in [3.63, 3.8) is 0 Å². The van der Waals surface area contributed by atoms with Gasteiger partial charge in [0.2, 0.25) is 0 Å². The first-order valence-electron chi connectivity index (χ1n) is 12.1. The van der Waals surface area contributed by atoms with Gasteiger partial charge in [0.25, 0.3) is 5.91 Å². The number of carbonyl (C=O) groups is 2. The van der Waals surface area contributed by atoms with E-state index in [-0.39, 0.29) is 23.3 Å². The van der Waals surface area contributed by atoms with E-state index >= 15 is 0 Å². The van der Waals surface area contributed by atoms with Gasteiger partial charge in [0.1, 0.15) is 5.82 Å². The molecule has 1 saturated carbocycles. The maximum absolute atomic E-state index is 14.7. The first-order valence-corrected chi connectivity index (χ1v) is 12.1. The molecule has 1 heterocycles. The van der Waals surface area contributed by atoms with Crippen LogP contribution in [0.4, 0.5) is 23.2 Å². The molecule has 37 heavy (non-hydrogen) atoms. The molecule has 3 aromatic carbocycles. The summed E-state index contributed by atoms with van der Waals surface area (Å²) in [6.45, 7) is 3.96. The molecule has 1 atom stereocenters. The number of nitrogens with zero attached hydrogens (tertiary/aromatic N) is 1. The number of benzene rings is 3. The number of Topliss-reactive ketones (excluding diaryl/α,β-unsaturated/α-hetero) is 1. The van der Waals surface area contributed by atoms with Gasteiger partial charge in [0, 0.05) is 24.1 Å². The number of alkyl halides is 3. The minimum absolute atomic E-state index is 0.0616. The van der Waals surface area contributed by atoms with Crippen molar-refractivity contribution in [1.82, 2.24) is 5.32 Å². The van der Waals surface area contributed by atoms with E-state index in [1.54, 1.807) is 37.3 Å². The smallest absolute Gasteiger partial charge is 0.365 e. The lowest BCUT2D eigenvalue weighted by Crippen LogP contribution is -2.30. The molecule has 3 aromatic rings. The number of carbonyl (C=O) groups excluding carboxylic acids is 2. The quantitative estimate of drug-likeness (QED) is 0.301. The van der Waals surface area contributed by atoms with Gasteiger partial charge in [-0.15, -0.1) is 0 Å². The summed E-state index contributed by atoms with van der Waals surface area (Å²) in [6.07, 6.45) is -2.78. The van der Waals surface area contributed by atoms with Crippen LogP contribution in [-0.4, -0.2) is 18.2 Å². The molecule has 1 spiro atoms. The fourth-order valence-electron chi connectivity index (χ4n) is 5.19. The van der Waals surface area contributed by atoms with Crippen molar-refractivity contribution in [3.05, 3.63) is 99.9 Å². The molecule has 0 bridgehead atoms. The van der Waals surface area contributed by atoms with Crippen LogP contribution in [0.2, 0.25) is 0 Å². The Morgan fingerprint density at radius 1 is 1.05 bits per heavy atom. The second-order valence-corrected chi connectivity index (χ2v) is 10.1. The number of ketones is 1. The SMILES string of the molecule is CC(=O)c1ccc([C@H](C)NC(=O)c2cc(F)cc3c2N(Cc2cccc(C(F)(F)F)c2)CC32CC2)cc1. The highest BCUT2D eigenvalue weighted by atomic mass is 19.4. The third-order valence-electron chi connectivity index (χ3n) is 7.35. The molecule has 1 N–H and O–H groups in total. The Hall–Kier alpha value is -3.68. The number of nitrogens with one attached hydrogen (secondary N) is 1. The van der Waals surface area contributed by atoms with Crippen molar-refractivity contribution in [1.29, 1.82) is 0 Å². The van der Waals surface area contributed by atoms with E-state index < -0.39 is 29.5 Å². The Kier molecular flexibility index (Phi) is 6.09. The Labute approximate surface area is 212 Å². The summed E-state index contributed by atoms with van der Waals surface area (Å²) in [5.74, 6) is -1.05. The molecule has 1 aliphatic heterocycles. The minimum Gasteiger partial charge on any atom is -0.365 e. The fraction of sp³-hybridized carbons (Fsp3) is 0.310. The highest BCUT2D eigenvalue weighted by Gasteiger charge is 2.53. The third-order valence-corrected chi connectivity index (χ3v) is 7.35. The molecule has 1 aliphatic carbocycles. The van der Waals surface area contributed by atoms with Crippen LogP contribution in [0.1, 0.15) is 75.7 Å². The molecular weight excluding hydrogens is 484 g/mol. The lowest BCUT2D eigenvalue weighted by Gasteiger charge is -2.24. The molecule has 0 aromatic heterocycles. The summed E-state index contributed by atoms with van der Waals surface area (Å²) >= 11 is 0. The molecule has 0 unspecified atom stereocenters. The maximum atomic E-state index is 14.7. The summed E-state index contributed by atoms with van der Waals surface area (Å²) in [4.78, 5) is 26.9. The number of amides is 1. The normalized spacial score (nSPS) is 16.4. The molecule has 192 valence electrons. The molecule has 2 aliphatic rings. The van der Waals surface area contributed by atoms with Crippen molar-refractivity contribution < 1.29 is 27.2 Å². The number of fused-ring (bicyclic) bond motifs is 2.